The van der Waals surface area contributed by atoms with E-state index in [1.165, 1.54) is 10.3 Å². The number of carbonyl (C=O) groups excluding carboxylic acids is 4. The largest absolute Gasteiger partial charge is 0.444 e. The van der Waals surface area contributed by atoms with Crippen LogP contribution in [0.5, 0.6) is 0 Å². The number of hydrogen-bond acceptors (Lipinski definition) is 7. The molecule has 2 aliphatic heterocycles. The fourth-order valence-electron chi connectivity index (χ4n) is 9.26. The Morgan fingerprint density at radius 3 is 2.20 bits per heavy atom. The maximum Gasteiger partial charge on any atom is 0.410 e. The van der Waals surface area contributed by atoms with E-state index < -0.39 is 16.4 Å². The van der Waals surface area contributed by atoms with Crippen molar-refractivity contribution in [1.82, 2.24) is 19.4 Å². The maximum atomic E-state index is 14.2. The Bertz CT molecular complexity index is 1710. The van der Waals surface area contributed by atoms with Gasteiger partial charge < -0.3 is 24.3 Å². The predicted molar refractivity (Wildman–Crippen MR) is 185 cm³/mol. The highest BCUT2D eigenvalue weighted by Gasteiger charge is 2.76. The molecule has 1 unspecified atom stereocenters. The van der Waals surface area contributed by atoms with E-state index in [1.807, 2.05) is 37.8 Å². The molecule has 6 aliphatic rings. The molecule has 1 aromatic heterocycles. The third kappa shape index (κ3) is 5.95. The number of amides is 3. The van der Waals surface area contributed by atoms with E-state index in [-0.39, 0.29) is 53.8 Å². The van der Waals surface area contributed by atoms with Gasteiger partial charge in [0, 0.05) is 31.9 Å². The van der Waals surface area contributed by atoms with Crippen molar-refractivity contribution >= 4 is 36.1 Å². The summed E-state index contributed by atoms with van der Waals surface area (Å²) >= 11 is 5.27. The van der Waals surface area contributed by atoms with Crippen molar-refractivity contribution in [3.05, 3.63) is 64.4 Å². The van der Waals surface area contributed by atoms with Gasteiger partial charge in [-0.25, -0.2) is 9.59 Å². The fourth-order valence-corrected chi connectivity index (χ4v) is 9.43. The zero-order chi connectivity index (χ0) is 34.9. The zero-order valence-electron chi connectivity index (χ0n) is 29.3. The second-order valence-electron chi connectivity index (χ2n) is 16.6. The molecule has 8 rings (SSSR count). The Labute approximate surface area is 293 Å². The average molecular weight is 689 g/mol. The van der Waals surface area contributed by atoms with Crippen molar-refractivity contribution in [1.29, 1.82) is 0 Å². The summed E-state index contributed by atoms with van der Waals surface area (Å²) in [5.41, 5.74) is 0.575. The first-order chi connectivity index (χ1) is 23.1. The average Bonchev–Trinajstić information content (AvgIpc) is 2.98. The molecule has 3 heterocycles. The summed E-state index contributed by atoms with van der Waals surface area (Å²) < 4.78 is 7.31. The highest BCUT2D eigenvalue weighted by Crippen LogP contribution is 2.74. The molecule has 4 saturated carbocycles. The SMILES string of the molecule is CC(C)c1ccccc1C1CN(C(=O)C23CC(C(=O)On4ccccc4=S)(C2)C3)CC(=O)N1C1CC2(CCN(C(=O)OC(C)(C)C)CC2)C1. The van der Waals surface area contributed by atoms with Crippen molar-refractivity contribution in [2.75, 3.05) is 26.2 Å². The number of piperazine rings is 1. The number of likely N-dealkylation sites (tertiary alicyclic amines) is 1. The number of rotatable bonds is 6. The van der Waals surface area contributed by atoms with E-state index in [0.717, 1.165) is 31.2 Å². The van der Waals surface area contributed by atoms with Gasteiger partial charge in [0.1, 0.15) is 10.2 Å². The minimum Gasteiger partial charge on any atom is -0.444 e. The third-order valence-corrected chi connectivity index (χ3v) is 12.0. The number of aromatic nitrogens is 1. The van der Waals surface area contributed by atoms with E-state index in [1.54, 1.807) is 29.3 Å². The van der Waals surface area contributed by atoms with Crippen molar-refractivity contribution < 1.29 is 28.8 Å². The van der Waals surface area contributed by atoms with Crippen LogP contribution in [0.15, 0.2) is 48.7 Å². The molecule has 0 radical (unpaired) electrons. The van der Waals surface area contributed by atoms with Gasteiger partial charge >= 0.3 is 12.1 Å². The number of benzene rings is 1. The minimum atomic E-state index is -0.672. The molecule has 1 spiro atoms. The summed E-state index contributed by atoms with van der Waals surface area (Å²) in [6, 6.07) is 13.4. The quantitative estimate of drug-likeness (QED) is 0.340. The lowest BCUT2D eigenvalue weighted by atomic mass is 9.34. The number of hydrogen-bond donors (Lipinski definition) is 0. The molecule has 3 amide bonds. The fraction of sp³-hybridized carbons (Fsp3) is 0.605. The Morgan fingerprint density at radius 2 is 1.57 bits per heavy atom. The van der Waals surface area contributed by atoms with E-state index in [0.29, 0.717) is 43.5 Å². The van der Waals surface area contributed by atoms with Crippen LogP contribution in [0.3, 0.4) is 0 Å². The van der Waals surface area contributed by atoms with Gasteiger partial charge in [-0.3, -0.25) is 9.59 Å². The Kier molecular flexibility index (Phi) is 8.23. The zero-order valence-corrected chi connectivity index (χ0v) is 30.1. The molecule has 10 nitrogen and oxygen atoms in total. The van der Waals surface area contributed by atoms with Gasteiger partial charge in [0.2, 0.25) is 11.8 Å². The summed E-state index contributed by atoms with van der Waals surface area (Å²) in [7, 11) is 0. The molecule has 0 N–H and O–H groups in total. The van der Waals surface area contributed by atoms with E-state index >= 15 is 0 Å². The topological polar surface area (TPSA) is 101 Å². The second-order valence-corrected chi connectivity index (χ2v) is 17.1. The third-order valence-electron chi connectivity index (χ3n) is 11.7. The van der Waals surface area contributed by atoms with Crippen LogP contribution < -0.4 is 4.84 Å². The molecular formula is C38H48N4O6S. The molecule has 11 heteroatoms. The molecule has 4 aliphatic carbocycles. The number of ether oxygens (including phenoxy) is 1. The lowest BCUT2D eigenvalue weighted by Gasteiger charge is -2.68. The van der Waals surface area contributed by atoms with Gasteiger partial charge in [-0.2, -0.15) is 4.73 Å². The highest BCUT2D eigenvalue weighted by molar-refractivity contribution is 7.71. The molecule has 2 bridgehead atoms. The molecule has 6 fully saturated rings. The van der Waals surface area contributed by atoms with Crippen LogP contribution in [0, 0.1) is 20.9 Å². The highest BCUT2D eigenvalue weighted by atomic mass is 32.1. The van der Waals surface area contributed by atoms with Crippen molar-refractivity contribution in [3.8, 4) is 0 Å². The molecule has 262 valence electrons. The molecule has 1 aromatic carbocycles. The molecule has 49 heavy (non-hydrogen) atoms. The number of pyridine rings is 1. The van der Waals surface area contributed by atoms with E-state index in [2.05, 4.69) is 30.9 Å². The second kappa shape index (κ2) is 12.0. The van der Waals surface area contributed by atoms with Crippen molar-refractivity contribution in [2.45, 2.75) is 103 Å². The van der Waals surface area contributed by atoms with Gasteiger partial charge in [0.25, 0.3) is 0 Å². The first-order valence-electron chi connectivity index (χ1n) is 17.7. The smallest absolute Gasteiger partial charge is 0.410 e. The number of carbonyl (C=O) groups is 4. The molecular weight excluding hydrogens is 641 g/mol. The normalized spacial score (nSPS) is 27.7. The lowest BCUT2D eigenvalue weighted by Crippen LogP contribution is -2.73. The minimum absolute atomic E-state index is 0.0200. The summed E-state index contributed by atoms with van der Waals surface area (Å²) in [6.07, 6.45) is 6.25. The van der Waals surface area contributed by atoms with Crippen molar-refractivity contribution in [2.24, 2.45) is 16.2 Å². The van der Waals surface area contributed by atoms with Crippen molar-refractivity contribution in [3.63, 3.8) is 0 Å². The number of nitrogens with zero attached hydrogens (tertiary/aromatic N) is 4. The standard InChI is InChI=1S/C38H48N4O6S/c1-25(2)27-10-6-7-11-28(27)29-20-40(32(44)37-22-38(23-37,24-37)33(45)48-41-15-9-8-12-31(41)49)21-30(43)42(29)26-18-36(19-26)13-16-39(17-14-36)34(46)47-35(3,4)5/h6-12,15,25-26,29H,13-14,16-24H2,1-5H3. The van der Waals surface area contributed by atoms with Gasteiger partial charge in [-0.1, -0.05) is 56.4 Å². The first kappa shape index (κ1) is 33.8. The van der Waals surface area contributed by atoms with Crippen LogP contribution in [0.1, 0.15) is 103 Å². The summed E-state index contributed by atoms with van der Waals surface area (Å²) in [5, 5.41) is 0. The summed E-state index contributed by atoms with van der Waals surface area (Å²) in [5.74, 6) is -0.151. The van der Waals surface area contributed by atoms with Gasteiger partial charge in [-0.05, 0) is 100 Å². The Balaban J connectivity index is 1.04. The van der Waals surface area contributed by atoms with Crippen LogP contribution in [0.25, 0.3) is 0 Å². The van der Waals surface area contributed by atoms with E-state index in [4.69, 9.17) is 21.8 Å². The van der Waals surface area contributed by atoms with Gasteiger partial charge in [0.15, 0.2) is 0 Å². The monoisotopic (exact) mass is 688 g/mol. The van der Waals surface area contributed by atoms with Crippen LogP contribution in [-0.4, -0.2) is 81.1 Å². The molecule has 1 atom stereocenters. The Morgan fingerprint density at radius 1 is 0.918 bits per heavy atom. The van der Waals surface area contributed by atoms with E-state index in [9.17, 15) is 19.2 Å². The van der Waals surface area contributed by atoms with Crippen LogP contribution in [0.2, 0.25) is 0 Å². The molecule has 2 aromatic rings. The first-order valence-corrected chi connectivity index (χ1v) is 18.1. The Hall–Kier alpha value is -3.73. The van der Waals surface area contributed by atoms with Crippen LogP contribution in [-0.2, 0) is 19.1 Å². The predicted octanol–water partition coefficient (Wildman–Crippen LogP) is 6.06. The maximum absolute atomic E-state index is 14.2. The van der Waals surface area contributed by atoms with Gasteiger partial charge in [-0.15, -0.1) is 0 Å². The van der Waals surface area contributed by atoms with Crippen LogP contribution in [0.4, 0.5) is 4.79 Å². The summed E-state index contributed by atoms with van der Waals surface area (Å²) in [6.45, 7) is 11.8. The van der Waals surface area contributed by atoms with Crippen LogP contribution >= 0.6 is 12.2 Å². The van der Waals surface area contributed by atoms with Gasteiger partial charge in [0.05, 0.1) is 23.4 Å². The number of piperidine rings is 1. The lowest BCUT2D eigenvalue weighted by molar-refractivity contribution is -0.231. The summed E-state index contributed by atoms with van der Waals surface area (Å²) in [4.78, 5) is 65.4. The molecule has 2 saturated heterocycles.